The topological polar surface area (TPSA) is 113 Å². The molecular weight excluding hydrogens is 388 g/mol. The molecule has 0 amide bonds. The molecule has 1 aliphatic rings. The maximum absolute atomic E-state index is 9.75. The number of amidine groups is 1. The quantitative estimate of drug-likeness (QED) is 0.294. The van der Waals surface area contributed by atoms with Gasteiger partial charge in [0, 0.05) is 28.8 Å². The van der Waals surface area contributed by atoms with Gasteiger partial charge in [0.2, 0.25) is 5.95 Å². The van der Waals surface area contributed by atoms with Gasteiger partial charge in [-0.2, -0.15) is 4.98 Å². The van der Waals surface area contributed by atoms with Crippen LogP contribution >= 0.6 is 0 Å². The third kappa shape index (κ3) is 3.38. The molecule has 5 N–H and O–H groups in total. The summed E-state index contributed by atoms with van der Waals surface area (Å²) >= 11 is 0. The van der Waals surface area contributed by atoms with Crippen LogP contribution in [0.5, 0.6) is 5.75 Å². The number of rotatable bonds is 5. The van der Waals surface area contributed by atoms with E-state index < -0.39 is 0 Å². The van der Waals surface area contributed by atoms with Gasteiger partial charge < -0.3 is 16.2 Å². The van der Waals surface area contributed by atoms with Gasteiger partial charge in [0.05, 0.1) is 11.2 Å². The molecular formula is C24H24N6O. The molecule has 0 spiro atoms. The minimum Gasteiger partial charge on any atom is -0.508 e. The average Bonchev–Trinajstić information content (AvgIpc) is 3.35. The van der Waals surface area contributed by atoms with Crippen LogP contribution < -0.4 is 11.1 Å². The second-order valence-corrected chi connectivity index (χ2v) is 7.95. The normalized spacial score (nSPS) is 12.8. The highest BCUT2D eigenvalue weighted by Crippen LogP contribution is 2.31. The summed E-state index contributed by atoms with van der Waals surface area (Å²) in [4.78, 5) is 9.80. The SMILES string of the molecule is Cc1cc2c(C(=N)N)cccc2n1-c1nc2c(c(NCc3cccc(O)c3)n1)CCC2. The van der Waals surface area contributed by atoms with Gasteiger partial charge in [-0.3, -0.25) is 9.98 Å². The number of nitrogen functional groups attached to an aromatic ring is 1. The van der Waals surface area contributed by atoms with Crippen molar-refractivity contribution in [3.05, 3.63) is 76.6 Å². The van der Waals surface area contributed by atoms with Gasteiger partial charge in [-0.15, -0.1) is 0 Å². The minimum absolute atomic E-state index is 0.0473. The molecule has 0 bridgehead atoms. The summed E-state index contributed by atoms with van der Waals surface area (Å²) in [7, 11) is 0. The Morgan fingerprint density at radius 3 is 2.81 bits per heavy atom. The van der Waals surface area contributed by atoms with Gasteiger partial charge in [-0.25, -0.2) is 4.98 Å². The predicted molar refractivity (Wildman–Crippen MR) is 122 cm³/mol. The Hall–Kier alpha value is -3.87. The van der Waals surface area contributed by atoms with Gasteiger partial charge >= 0.3 is 0 Å². The number of nitrogens with two attached hydrogens (primary N) is 1. The molecule has 7 heteroatoms. The summed E-state index contributed by atoms with van der Waals surface area (Å²) in [6.45, 7) is 2.58. The molecule has 0 atom stereocenters. The van der Waals surface area contributed by atoms with Gasteiger partial charge in [0.1, 0.15) is 17.4 Å². The fourth-order valence-electron chi connectivity index (χ4n) is 4.38. The van der Waals surface area contributed by atoms with Gasteiger partial charge in [-0.1, -0.05) is 24.3 Å². The van der Waals surface area contributed by atoms with E-state index in [1.807, 2.05) is 47.9 Å². The fraction of sp³-hybridized carbons (Fsp3) is 0.208. The number of phenols is 1. The van der Waals surface area contributed by atoms with Gasteiger partial charge in [-0.05, 0) is 56.0 Å². The van der Waals surface area contributed by atoms with E-state index >= 15 is 0 Å². The lowest BCUT2D eigenvalue weighted by atomic mass is 10.1. The van der Waals surface area contributed by atoms with E-state index in [0.717, 1.165) is 52.9 Å². The first-order valence-corrected chi connectivity index (χ1v) is 10.4. The fourth-order valence-corrected chi connectivity index (χ4v) is 4.38. The van der Waals surface area contributed by atoms with Crippen molar-refractivity contribution in [1.29, 1.82) is 5.41 Å². The first-order chi connectivity index (χ1) is 15.0. The third-order valence-corrected chi connectivity index (χ3v) is 5.81. The Labute approximate surface area is 180 Å². The number of phenolic OH excluding ortho intramolecular Hbond substituents is 1. The van der Waals surface area contributed by atoms with Crippen molar-refractivity contribution in [2.24, 2.45) is 5.73 Å². The molecule has 5 rings (SSSR count). The molecule has 0 radical (unpaired) electrons. The molecule has 0 saturated heterocycles. The van der Waals surface area contributed by atoms with Crippen LogP contribution in [-0.2, 0) is 19.4 Å². The Bertz CT molecular complexity index is 1320. The van der Waals surface area contributed by atoms with Gasteiger partial charge in [0.15, 0.2) is 0 Å². The summed E-state index contributed by atoms with van der Waals surface area (Å²) in [6.07, 6.45) is 2.95. The highest BCUT2D eigenvalue weighted by atomic mass is 16.3. The van der Waals surface area contributed by atoms with E-state index in [9.17, 15) is 5.11 Å². The molecule has 31 heavy (non-hydrogen) atoms. The van der Waals surface area contributed by atoms with E-state index in [2.05, 4.69) is 5.32 Å². The zero-order valence-corrected chi connectivity index (χ0v) is 17.3. The zero-order valence-electron chi connectivity index (χ0n) is 17.3. The molecule has 7 nitrogen and oxygen atoms in total. The Morgan fingerprint density at radius 1 is 1.16 bits per heavy atom. The van der Waals surface area contributed by atoms with Crippen LogP contribution in [0.1, 0.15) is 34.5 Å². The zero-order chi connectivity index (χ0) is 21.5. The molecule has 2 aromatic heterocycles. The van der Waals surface area contributed by atoms with Crippen LogP contribution in [0.4, 0.5) is 5.82 Å². The van der Waals surface area contributed by atoms with E-state index in [0.29, 0.717) is 18.1 Å². The van der Waals surface area contributed by atoms with E-state index in [-0.39, 0.29) is 11.6 Å². The number of nitrogens with zero attached hydrogens (tertiary/aromatic N) is 3. The summed E-state index contributed by atoms with van der Waals surface area (Å²) in [5.41, 5.74) is 11.7. The number of anilines is 1. The smallest absolute Gasteiger partial charge is 0.236 e. The minimum atomic E-state index is 0.0473. The monoisotopic (exact) mass is 412 g/mol. The van der Waals surface area contributed by atoms with E-state index in [1.165, 1.54) is 5.56 Å². The van der Waals surface area contributed by atoms with Crippen molar-refractivity contribution >= 4 is 22.6 Å². The average molecular weight is 412 g/mol. The van der Waals surface area contributed by atoms with Crippen molar-refractivity contribution < 1.29 is 5.11 Å². The Kier molecular flexibility index (Phi) is 4.58. The maximum Gasteiger partial charge on any atom is 0.236 e. The number of aryl methyl sites for hydroxylation is 2. The highest BCUT2D eigenvalue weighted by Gasteiger charge is 2.22. The number of benzene rings is 2. The molecule has 2 aromatic carbocycles. The van der Waals surface area contributed by atoms with Crippen LogP contribution in [-0.4, -0.2) is 25.5 Å². The largest absolute Gasteiger partial charge is 0.508 e. The molecule has 2 heterocycles. The summed E-state index contributed by atoms with van der Waals surface area (Å²) < 4.78 is 2.03. The van der Waals surface area contributed by atoms with Crippen LogP contribution in [0.25, 0.3) is 16.9 Å². The molecule has 0 fully saturated rings. The second-order valence-electron chi connectivity index (χ2n) is 7.95. The van der Waals surface area contributed by atoms with E-state index in [4.69, 9.17) is 21.1 Å². The van der Waals surface area contributed by atoms with Crippen LogP contribution in [0.2, 0.25) is 0 Å². The summed E-state index contributed by atoms with van der Waals surface area (Å²) in [6, 6.07) is 15.0. The molecule has 4 aromatic rings. The number of aromatic hydroxyl groups is 1. The standard InChI is InChI=1S/C24H24N6O/c1-14-11-19-17(22(25)26)7-4-10-21(19)30(14)24-28-20-9-3-8-18(20)23(29-24)27-13-15-5-2-6-16(31)12-15/h2,4-7,10-12,31H,3,8-9,13H2,1H3,(H3,25,26)(H,27,28,29). The summed E-state index contributed by atoms with van der Waals surface area (Å²) in [5.74, 6) is 1.76. The Morgan fingerprint density at radius 2 is 2.00 bits per heavy atom. The lowest BCUT2D eigenvalue weighted by Crippen LogP contribution is -2.12. The highest BCUT2D eigenvalue weighted by molar-refractivity contribution is 6.07. The number of aromatic nitrogens is 3. The van der Waals surface area contributed by atoms with Crippen molar-refractivity contribution in [2.45, 2.75) is 32.7 Å². The molecule has 156 valence electrons. The number of hydrogen-bond acceptors (Lipinski definition) is 5. The van der Waals surface area contributed by atoms with Crippen molar-refractivity contribution in [1.82, 2.24) is 14.5 Å². The lowest BCUT2D eigenvalue weighted by molar-refractivity contribution is 0.474. The van der Waals surface area contributed by atoms with Gasteiger partial charge in [0.25, 0.3) is 0 Å². The van der Waals surface area contributed by atoms with Crippen LogP contribution in [0.3, 0.4) is 0 Å². The summed E-state index contributed by atoms with van der Waals surface area (Å²) in [5, 5.41) is 22.0. The second kappa shape index (κ2) is 7.43. The third-order valence-electron chi connectivity index (χ3n) is 5.81. The number of hydrogen-bond donors (Lipinski definition) is 4. The molecule has 1 aliphatic carbocycles. The number of fused-ring (bicyclic) bond motifs is 2. The first kappa shape index (κ1) is 19.1. The molecule has 0 saturated carbocycles. The van der Waals surface area contributed by atoms with Crippen LogP contribution in [0.15, 0.2) is 48.5 Å². The Balaban J connectivity index is 1.60. The number of nitrogens with one attached hydrogen (secondary N) is 2. The van der Waals surface area contributed by atoms with E-state index in [1.54, 1.807) is 12.1 Å². The van der Waals surface area contributed by atoms with Crippen molar-refractivity contribution in [2.75, 3.05) is 5.32 Å². The maximum atomic E-state index is 9.75. The molecule has 0 aliphatic heterocycles. The predicted octanol–water partition coefficient (Wildman–Crippen LogP) is 3.82. The van der Waals surface area contributed by atoms with Crippen molar-refractivity contribution in [3.63, 3.8) is 0 Å². The molecule has 0 unspecified atom stereocenters. The van der Waals surface area contributed by atoms with Crippen LogP contribution in [0, 0.1) is 12.3 Å². The lowest BCUT2D eigenvalue weighted by Gasteiger charge is -2.14. The first-order valence-electron chi connectivity index (χ1n) is 10.4. The van der Waals surface area contributed by atoms with Crippen molar-refractivity contribution in [3.8, 4) is 11.7 Å².